The van der Waals surface area contributed by atoms with Crippen LogP contribution in [0.1, 0.15) is 45.4 Å². The van der Waals surface area contributed by atoms with Gasteiger partial charge in [-0.15, -0.1) is 0 Å². The largest absolute Gasteiger partial charge is 0.481 e. The molecule has 3 atom stereocenters. The van der Waals surface area contributed by atoms with Crippen LogP contribution in [0.3, 0.4) is 0 Å². The fourth-order valence-electron chi connectivity index (χ4n) is 3.89. The summed E-state index contributed by atoms with van der Waals surface area (Å²) in [5, 5.41) is 3.85. The third kappa shape index (κ3) is 4.42. The van der Waals surface area contributed by atoms with Crippen LogP contribution in [-0.2, 0) is 4.79 Å². The first-order valence-corrected chi connectivity index (χ1v) is 9.48. The van der Waals surface area contributed by atoms with Crippen LogP contribution in [0.25, 0.3) is 0 Å². The molecule has 3 rings (SSSR count). The number of nitrogens with zero attached hydrogens (tertiary/aromatic N) is 1. The fourth-order valence-corrected chi connectivity index (χ4v) is 4.07. The van der Waals surface area contributed by atoms with Crippen molar-refractivity contribution in [3.8, 4) is 5.75 Å². The molecule has 132 valence electrons. The quantitative estimate of drug-likeness (QED) is 0.881. The molecule has 0 bridgehead atoms. The zero-order valence-electron chi connectivity index (χ0n) is 14.3. The lowest BCUT2D eigenvalue weighted by molar-refractivity contribution is -0.128. The molecule has 4 nitrogen and oxygen atoms in total. The van der Waals surface area contributed by atoms with Crippen molar-refractivity contribution < 1.29 is 9.53 Å². The second-order valence-electron chi connectivity index (χ2n) is 6.93. The minimum absolute atomic E-state index is 0.0360. The highest BCUT2D eigenvalue weighted by Crippen LogP contribution is 2.26. The normalized spacial score (nSPS) is 26.1. The molecule has 1 aliphatic carbocycles. The predicted molar refractivity (Wildman–Crippen MR) is 96.5 cm³/mol. The Morgan fingerprint density at radius 2 is 2.00 bits per heavy atom. The van der Waals surface area contributed by atoms with Gasteiger partial charge in [-0.1, -0.05) is 30.5 Å². The van der Waals surface area contributed by atoms with Crippen LogP contribution in [-0.4, -0.2) is 42.1 Å². The van der Waals surface area contributed by atoms with E-state index in [2.05, 4.69) is 10.2 Å². The fraction of sp³-hybridized carbons (Fsp3) is 0.632. The molecule has 1 aliphatic heterocycles. The number of nitrogens with one attached hydrogen (secondary N) is 1. The minimum Gasteiger partial charge on any atom is -0.481 e. The lowest BCUT2D eigenvalue weighted by Crippen LogP contribution is -2.54. The summed E-state index contributed by atoms with van der Waals surface area (Å²) < 4.78 is 5.75. The lowest BCUT2D eigenvalue weighted by Gasteiger charge is -2.38. The molecule has 1 aromatic carbocycles. The molecule has 1 saturated heterocycles. The number of rotatable bonds is 5. The number of halogens is 1. The third-order valence-corrected chi connectivity index (χ3v) is 5.38. The molecule has 0 aromatic heterocycles. The van der Waals surface area contributed by atoms with Crippen molar-refractivity contribution in [1.29, 1.82) is 0 Å². The molecule has 2 fully saturated rings. The van der Waals surface area contributed by atoms with Crippen LogP contribution in [0.4, 0.5) is 0 Å². The number of benzene rings is 1. The number of likely N-dealkylation sites (tertiary alicyclic amines) is 1. The Hall–Kier alpha value is -1.26. The van der Waals surface area contributed by atoms with Crippen LogP contribution >= 0.6 is 11.6 Å². The summed E-state index contributed by atoms with van der Waals surface area (Å²) >= 11 is 5.97. The van der Waals surface area contributed by atoms with Gasteiger partial charge in [0.25, 0.3) is 5.91 Å². The Balaban J connectivity index is 1.57. The van der Waals surface area contributed by atoms with Crippen molar-refractivity contribution in [1.82, 2.24) is 10.2 Å². The molecule has 1 amide bonds. The Kier molecular flexibility index (Phi) is 6.01. The molecule has 1 heterocycles. The average molecular weight is 351 g/mol. The van der Waals surface area contributed by atoms with E-state index in [1.807, 2.05) is 12.1 Å². The van der Waals surface area contributed by atoms with Crippen LogP contribution in [0.2, 0.25) is 5.02 Å². The van der Waals surface area contributed by atoms with Gasteiger partial charge in [0.05, 0.1) is 0 Å². The van der Waals surface area contributed by atoms with E-state index in [0.29, 0.717) is 16.8 Å². The van der Waals surface area contributed by atoms with E-state index in [1.54, 1.807) is 19.1 Å². The van der Waals surface area contributed by atoms with E-state index in [0.717, 1.165) is 6.42 Å². The maximum absolute atomic E-state index is 12.6. The van der Waals surface area contributed by atoms with Gasteiger partial charge in [-0.2, -0.15) is 0 Å². The summed E-state index contributed by atoms with van der Waals surface area (Å²) in [6, 6.07) is 7.91. The van der Waals surface area contributed by atoms with E-state index in [9.17, 15) is 4.79 Å². The van der Waals surface area contributed by atoms with Gasteiger partial charge in [-0.25, -0.2) is 0 Å². The molecule has 24 heavy (non-hydrogen) atoms. The highest BCUT2D eigenvalue weighted by molar-refractivity contribution is 6.30. The minimum atomic E-state index is -0.523. The number of carbonyl (C=O) groups is 1. The van der Waals surface area contributed by atoms with Gasteiger partial charge in [0.1, 0.15) is 5.75 Å². The van der Waals surface area contributed by atoms with Gasteiger partial charge < -0.3 is 10.1 Å². The molecule has 5 heteroatoms. The monoisotopic (exact) mass is 350 g/mol. The van der Waals surface area contributed by atoms with E-state index in [4.69, 9.17) is 16.3 Å². The molecule has 3 unspecified atom stereocenters. The van der Waals surface area contributed by atoms with Crippen molar-refractivity contribution >= 4 is 17.5 Å². The molecule has 0 radical (unpaired) electrons. The van der Waals surface area contributed by atoms with Crippen molar-refractivity contribution in [2.45, 2.75) is 63.6 Å². The number of hydrogen-bond acceptors (Lipinski definition) is 3. The third-order valence-electron chi connectivity index (χ3n) is 5.14. The Morgan fingerprint density at radius 1 is 1.25 bits per heavy atom. The zero-order chi connectivity index (χ0) is 16.9. The van der Waals surface area contributed by atoms with Gasteiger partial charge >= 0.3 is 0 Å². The summed E-state index contributed by atoms with van der Waals surface area (Å²) in [4.78, 5) is 15.1. The predicted octanol–water partition coefficient (Wildman–Crippen LogP) is 3.63. The highest BCUT2D eigenvalue weighted by atomic mass is 35.5. The van der Waals surface area contributed by atoms with Crippen molar-refractivity contribution in [2.75, 3.05) is 13.1 Å². The topological polar surface area (TPSA) is 41.6 Å². The molecule has 2 aliphatic rings. The summed E-state index contributed by atoms with van der Waals surface area (Å²) in [5.74, 6) is 0.593. The molecule has 1 aromatic rings. The first kappa shape index (κ1) is 17.6. The number of hydrogen-bond donors (Lipinski definition) is 1. The molecule has 1 saturated carbocycles. The summed E-state index contributed by atoms with van der Waals surface area (Å²) in [7, 11) is 0. The second-order valence-corrected chi connectivity index (χ2v) is 7.36. The van der Waals surface area contributed by atoms with Crippen LogP contribution in [0, 0.1) is 0 Å². The van der Waals surface area contributed by atoms with E-state index < -0.39 is 6.10 Å². The van der Waals surface area contributed by atoms with E-state index in [1.165, 1.54) is 45.2 Å². The lowest BCUT2D eigenvalue weighted by atomic mass is 9.89. The summed E-state index contributed by atoms with van der Waals surface area (Å²) in [5.41, 5.74) is 0. The van der Waals surface area contributed by atoms with E-state index >= 15 is 0 Å². The van der Waals surface area contributed by atoms with Crippen LogP contribution in [0.5, 0.6) is 5.75 Å². The smallest absolute Gasteiger partial charge is 0.261 e. The number of carbonyl (C=O) groups excluding carboxylic acids is 1. The Morgan fingerprint density at radius 3 is 2.75 bits per heavy atom. The average Bonchev–Trinajstić information content (AvgIpc) is 3.09. The number of amides is 1. The first-order chi connectivity index (χ1) is 11.6. The van der Waals surface area contributed by atoms with Gasteiger partial charge in [0.15, 0.2) is 6.10 Å². The van der Waals surface area contributed by atoms with Gasteiger partial charge in [-0.3, -0.25) is 9.69 Å². The first-order valence-electron chi connectivity index (χ1n) is 9.10. The van der Waals surface area contributed by atoms with Gasteiger partial charge in [0.2, 0.25) is 0 Å². The van der Waals surface area contributed by atoms with Crippen LogP contribution in [0.15, 0.2) is 24.3 Å². The Labute approximate surface area is 149 Å². The van der Waals surface area contributed by atoms with Gasteiger partial charge in [0, 0.05) is 17.1 Å². The van der Waals surface area contributed by atoms with Gasteiger partial charge in [-0.05, 0) is 63.9 Å². The maximum atomic E-state index is 12.6. The van der Waals surface area contributed by atoms with Crippen LogP contribution < -0.4 is 10.1 Å². The summed E-state index contributed by atoms with van der Waals surface area (Å²) in [6.45, 7) is 4.14. The molecular formula is C19H27ClN2O2. The zero-order valence-corrected chi connectivity index (χ0v) is 15.1. The van der Waals surface area contributed by atoms with Crippen molar-refractivity contribution in [2.24, 2.45) is 0 Å². The standard InChI is InChI=1S/C19H27ClN2O2/c1-14(24-16-8-6-7-15(20)13-16)19(23)21-17-9-2-3-10-18(17)22-11-4-5-12-22/h6-8,13-14,17-18H,2-5,9-12H2,1H3,(H,21,23). The van der Waals surface area contributed by atoms with Crippen molar-refractivity contribution in [3.63, 3.8) is 0 Å². The molecule has 0 spiro atoms. The van der Waals surface area contributed by atoms with E-state index in [-0.39, 0.29) is 11.9 Å². The van der Waals surface area contributed by atoms with Crippen molar-refractivity contribution in [3.05, 3.63) is 29.3 Å². The summed E-state index contributed by atoms with van der Waals surface area (Å²) in [6.07, 6.45) is 6.76. The number of ether oxygens (including phenoxy) is 1. The molecular weight excluding hydrogens is 324 g/mol. The second kappa shape index (κ2) is 8.21. The Bertz CT molecular complexity index is 560. The molecule has 1 N–H and O–H groups in total. The highest BCUT2D eigenvalue weighted by Gasteiger charge is 2.33. The maximum Gasteiger partial charge on any atom is 0.261 e. The SMILES string of the molecule is CC(Oc1cccc(Cl)c1)C(=O)NC1CCCCC1N1CCCC1.